The van der Waals surface area contributed by atoms with Gasteiger partial charge >= 0.3 is 0 Å². The van der Waals surface area contributed by atoms with Gasteiger partial charge in [-0.25, -0.2) is 4.21 Å². The van der Waals surface area contributed by atoms with E-state index in [-0.39, 0.29) is 0 Å². The Morgan fingerprint density at radius 2 is 1.25 bits per heavy atom. The van der Waals surface area contributed by atoms with Gasteiger partial charge in [-0.15, -0.1) is 0 Å². The van der Waals surface area contributed by atoms with Crippen molar-refractivity contribution >= 4 is 10.8 Å². The van der Waals surface area contributed by atoms with Crippen molar-refractivity contribution in [3.05, 3.63) is 96.1 Å². The van der Waals surface area contributed by atoms with Crippen molar-refractivity contribution in [3.8, 4) is 33.8 Å². The lowest BCUT2D eigenvalue weighted by atomic mass is 9.89. The van der Waals surface area contributed by atoms with Gasteiger partial charge in [0.2, 0.25) is 0 Å². The number of ether oxygens (including phenoxy) is 2. The van der Waals surface area contributed by atoms with Gasteiger partial charge in [0, 0.05) is 16.0 Å². The highest BCUT2D eigenvalue weighted by Crippen LogP contribution is 2.46. The molecule has 0 radical (unpaired) electrons. The largest absolute Gasteiger partial charge is 0.496 e. The quantitative estimate of drug-likeness (QED) is 0.329. The highest BCUT2D eigenvalue weighted by molar-refractivity contribution is 7.85. The molecule has 32 heavy (non-hydrogen) atoms. The summed E-state index contributed by atoms with van der Waals surface area (Å²) in [6, 6.07) is 27.7. The van der Waals surface area contributed by atoms with Crippen LogP contribution in [0.1, 0.15) is 11.1 Å². The maximum absolute atomic E-state index is 13.6. The Balaban J connectivity index is 2.00. The highest BCUT2D eigenvalue weighted by Gasteiger charge is 2.22. The molecule has 0 unspecified atom stereocenters. The summed E-state index contributed by atoms with van der Waals surface area (Å²) in [6.07, 6.45) is 0. The smallest absolute Gasteiger partial charge is 0.127 e. The van der Waals surface area contributed by atoms with Gasteiger partial charge in [0.15, 0.2) is 0 Å². The second-order valence-electron chi connectivity index (χ2n) is 7.61. The number of aryl methyl sites for hydroxylation is 2. The molecule has 162 valence electrons. The topological polar surface area (TPSA) is 35.5 Å². The van der Waals surface area contributed by atoms with Gasteiger partial charge in [-0.3, -0.25) is 0 Å². The van der Waals surface area contributed by atoms with Gasteiger partial charge in [-0.05, 0) is 60.9 Å². The summed E-state index contributed by atoms with van der Waals surface area (Å²) >= 11 is 0. The van der Waals surface area contributed by atoms with Crippen LogP contribution < -0.4 is 9.47 Å². The van der Waals surface area contributed by atoms with E-state index in [1.54, 1.807) is 14.2 Å². The fraction of sp³-hybridized carbons (Fsp3) is 0.143. The van der Waals surface area contributed by atoms with Crippen molar-refractivity contribution < 1.29 is 13.7 Å². The molecule has 0 bridgehead atoms. The molecule has 0 aliphatic heterocycles. The molecule has 4 rings (SSSR count). The zero-order valence-corrected chi connectivity index (χ0v) is 19.5. The van der Waals surface area contributed by atoms with Crippen LogP contribution in [0.3, 0.4) is 0 Å². The van der Waals surface area contributed by atoms with Crippen molar-refractivity contribution in [2.75, 3.05) is 14.2 Å². The van der Waals surface area contributed by atoms with Crippen LogP contribution in [0.4, 0.5) is 0 Å². The molecule has 0 amide bonds. The van der Waals surface area contributed by atoms with Crippen LogP contribution >= 0.6 is 0 Å². The Labute approximate surface area is 192 Å². The molecule has 0 aliphatic rings. The van der Waals surface area contributed by atoms with Gasteiger partial charge in [0.25, 0.3) is 0 Å². The average molecular weight is 443 g/mol. The fourth-order valence-corrected chi connectivity index (χ4v) is 5.16. The van der Waals surface area contributed by atoms with Crippen LogP contribution in [-0.2, 0) is 10.8 Å². The van der Waals surface area contributed by atoms with E-state index in [1.807, 2.05) is 91.9 Å². The van der Waals surface area contributed by atoms with Crippen LogP contribution in [0, 0.1) is 13.8 Å². The van der Waals surface area contributed by atoms with Crippen LogP contribution in [0.15, 0.2) is 94.7 Å². The van der Waals surface area contributed by atoms with Crippen molar-refractivity contribution in [2.45, 2.75) is 23.6 Å². The fourth-order valence-electron chi connectivity index (χ4n) is 3.95. The van der Waals surface area contributed by atoms with Crippen LogP contribution in [-0.4, -0.2) is 18.4 Å². The molecule has 1 atom stereocenters. The zero-order chi connectivity index (χ0) is 22.7. The Morgan fingerprint density at radius 3 is 1.94 bits per heavy atom. The monoisotopic (exact) mass is 442 g/mol. The van der Waals surface area contributed by atoms with Gasteiger partial charge < -0.3 is 9.47 Å². The predicted octanol–water partition coefficient (Wildman–Crippen LogP) is 6.82. The maximum Gasteiger partial charge on any atom is 0.127 e. The van der Waals surface area contributed by atoms with Crippen molar-refractivity contribution in [1.82, 2.24) is 0 Å². The third-order valence-corrected chi connectivity index (χ3v) is 7.02. The molecule has 0 saturated heterocycles. The molecular weight excluding hydrogens is 416 g/mol. The molecule has 3 nitrogen and oxygen atoms in total. The summed E-state index contributed by atoms with van der Waals surface area (Å²) in [5.41, 5.74) is 5.98. The molecule has 0 spiro atoms. The second-order valence-corrected chi connectivity index (χ2v) is 9.06. The Bertz CT molecular complexity index is 1280. The SMILES string of the molecule is COc1ccccc1-c1c(OC)ccc(C)c1-c1ccccc1[S@@](=O)c1ccc(C)cc1. The Hall–Kier alpha value is -3.37. The van der Waals surface area contributed by atoms with Crippen molar-refractivity contribution in [1.29, 1.82) is 0 Å². The molecule has 4 aromatic rings. The lowest BCUT2D eigenvalue weighted by Crippen LogP contribution is -2.00. The molecule has 0 N–H and O–H groups in total. The lowest BCUT2D eigenvalue weighted by molar-refractivity contribution is 0.410. The van der Waals surface area contributed by atoms with E-state index < -0.39 is 10.8 Å². The molecule has 0 heterocycles. The van der Waals surface area contributed by atoms with Gasteiger partial charge in [-0.2, -0.15) is 0 Å². The summed E-state index contributed by atoms with van der Waals surface area (Å²) in [7, 11) is 2.01. The summed E-state index contributed by atoms with van der Waals surface area (Å²) in [4.78, 5) is 1.55. The molecule has 0 saturated carbocycles. The number of hydrogen-bond acceptors (Lipinski definition) is 3. The lowest BCUT2D eigenvalue weighted by Gasteiger charge is -2.20. The van der Waals surface area contributed by atoms with Gasteiger partial charge in [0.1, 0.15) is 11.5 Å². The van der Waals surface area contributed by atoms with Crippen LogP contribution in [0.2, 0.25) is 0 Å². The van der Waals surface area contributed by atoms with Crippen molar-refractivity contribution in [2.24, 2.45) is 0 Å². The standard InChI is InChI=1S/C28H26O3S/c1-19-13-16-21(17-14-19)32(29)26-12-8-6-10-23(26)27-20(2)15-18-25(31-4)28(27)22-9-5-7-11-24(22)30-3/h5-18H,1-4H3/t32-/m0/s1. The Morgan fingerprint density at radius 1 is 0.625 bits per heavy atom. The van der Waals surface area contributed by atoms with E-state index in [9.17, 15) is 4.21 Å². The van der Waals surface area contributed by atoms with E-state index >= 15 is 0 Å². The zero-order valence-electron chi connectivity index (χ0n) is 18.7. The first-order chi connectivity index (χ1) is 15.5. The van der Waals surface area contributed by atoms with Gasteiger partial charge in [0.05, 0.1) is 29.9 Å². The first-order valence-electron chi connectivity index (χ1n) is 10.4. The van der Waals surface area contributed by atoms with E-state index in [2.05, 4.69) is 6.92 Å². The molecule has 0 aromatic heterocycles. The number of para-hydroxylation sites is 1. The number of hydrogen-bond donors (Lipinski definition) is 0. The van der Waals surface area contributed by atoms with Crippen LogP contribution in [0.25, 0.3) is 22.3 Å². The van der Waals surface area contributed by atoms with Crippen molar-refractivity contribution in [3.63, 3.8) is 0 Å². The number of methoxy groups -OCH3 is 2. The summed E-state index contributed by atoms with van der Waals surface area (Å²) in [6.45, 7) is 4.10. The van der Waals surface area contributed by atoms with E-state index in [4.69, 9.17) is 9.47 Å². The second kappa shape index (κ2) is 9.41. The third-order valence-electron chi connectivity index (χ3n) is 5.56. The minimum Gasteiger partial charge on any atom is -0.496 e. The number of benzene rings is 4. The molecule has 4 heteroatoms. The predicted molar refractivity (Wildman–Crippen MR) is 131 cm³/mol. The minimum absolute atomic E-state index is 0.742. The Kier molecular flexibility index (Phi) is 6.42. The average Bonchev–Trinajstić information content (AvgIpc) is 2.84. The first-order valence-corrected chi connectivity index (χ1v) is 11.6. The first kappa shape index (κ1) is 21.8. The molecule has 0 aliphatic carbocycles. The summed E-state index contributed by atoms with van der Waals surface area (Å²) < 4.78 is 25.1. The summed E-state index contributed by atoms with van der Waals surface area (Å²) in [5, 5.41) is 0. The highest BCUT2D eigenvalue weighted by atomic mass is 32.2. The number of rotatable bonds is 6. The maximum atomic E-state index is 13.6. The molecule has 4 aromatic carbocycles. The van der Waals surface area contributed by atoms with E-state index in [0.717, 1.165) is 54.7 Å². The van der Waals surface area contributed by atoms with Crippen LogP contribution in [0.5, 0.6) is 11.5 Å². The summed E-state index contributed by atoms with van der Waals surface area (Å²) in [5.74, 6) is 1.50. The van der Waals surface area contributed by atoms with E-state index in [1.165, 1.54) is 0 Å². The minimum atomic E-state index is -1.33. The normalized spacial score (nSPS) is 11.8. The van der Waals surface area contributed by atoms with E-state index in [0.29, 0.717) is 0 Å². The molecule has 0 fully saturated rings. The molecular formula is C28H26O3S. The third kappa shape index (κ3) is 4.06. The van der Waals surface area contributed by atoms with Gasteiger partial charge in [-0.1, -0.05) is 60.2 Å².